The Morgan fingerprint density at radius 2 is 1.70 bits per heavy atom. The van der Waals surface area contributed by atoms with Crippen molar-refractivity contribution in [3.63, 3.8) is 0 Å². The van der Waals surface area contributed by atoms with Gasteiger partial charge in [-0.25, -0.2) is 8.42 Å². The van der Waals surface area contributed by atoms with E-state index in [2.05, 4.69) is 10.3 Å². The maximum atomic E-state index is 12.6. The number of aromatic amines is 1. The predicted molar refractivity (Wildman–Crippen MR) is 103 cm³/mol. The van der Waals surface area contributed by atoms with Crippen molar-refractivity contribution in [3.05, 3.63) is 39.6 Å². The quantitative estimate of drug-likeness (QED) is 0.752. The first-order valence-electron chi connectivity index (χ1n) is 8.67. The second-order valence-corrected chi connectivity index (χ2v) is 8.39. The average Bonchev–Trinajstić information content (AvgIpc) is 2.71. The smallest absolute Gasteiger partial charge is 0.248 e. The molecule has 0 unspecified atom stereocenters. The minimum Gasteiger partial charge on any atom is -0.379 e. The third-order valence-corrected chi connectivity index (χ3v) is 6.38. The van der Waals surface area contributed by atoms with Gasteiger partial charge in [0.05, 0.1) is 26.4 Å². The molecule has 0 saturated carbocycles. The van der Waals surface area contributed by atoms with E-state index in [-0.39, 0.29) is 23.4 Å². The fraction of sp³-hybridized carbons (Fsp3) is 0.471. The normalized spacial score (nSPS) is 18.7. The highest BCUT2D eigenvalue weighted by Gasteiger charge is 2.29. The molecular formula is C17H22ClN3O5S. The van der Waals surface area contributed by atoms with Crippen molar-refractivity contribution < 1.29 is 17.9 Å². The molecule has 0 atom stereocenters. The molecule has 0 radical (unpaired) electrons. The van der Waals surface area contributed by atoms with Crippen molar-refractivity contribution in [1.82, 2.24) is 14.6 Å². The van der Waals surface area contributed by atoms with Gasteiger partial charge in [-0.05, 0) is 18.2 Å². The molecule has 3 heterocycles. The molecule has 0 amide bonds. The number of nitrogens with zero attached hydrogens (tertiary/aromatic N) is 1. The Morgan fingerprint density at radius 3 is 2.30 bits per heavy atom. The number of morpholine rings is 2. The highest BCUT2D eigenvalue weighted by Crippen LogP contribution is 2.19. The zero-order valence-corrected chi connectivity index (χ0v) is 16.3. The first-order valence-corrected chi connectivity index (χ1v) is 10.5. The molecule has 27 heavy (non-hydrogen) atoms. The number of H-pyrrole nitrogens is 1. The standard InChI is InChI=1S/C13H13ClN2O4S.C4H9NO/c14-9-1-2-11-10(7-9)13(17)12(8-15-11)21(18,19)16-3-5-20-6-4-16;1-3-6-4-2-5-1/h1-2,7-8H,3-6H2,(H,15,17);5H,1-4H2. The number of rotatable bonds is 2. The van der Waals surface area contributed by atoms with Crippen molar-refractivity contribution in [2.24, 2.45) is 0 Å². The fourth-order valence-corrected chi connectivity index (χ4v) is 4.44. The van der Waals surface area contributed by atoms with Crippen LogP contribution in [0.3, 0.4) is 0 Å². The van der Waals surface area contributed by atoms with Crippen molar-refractivity contribution in [2.75, 3.05) is 52.6 Å². The summed E-state index contributed by atoms with van der Waals surface area (Å²) in [7, 11) is -3.83. The Bertz CT molecular complexity index is 926. The van der Waals surface area contributed by atoms with Gasteiger partial charge in [-0.2, -0.15) is 4.31 Å². The minimum atomic E-state index is -3.83. The lowest BCUT2D eigenvalue weighted by molar-refractivity contribution is 0.0730. The highest BCUT2D eigenvalue weighted by atomic mass is 35.5. The second-order valence-electron chi connectivity index (χ2n) is 6.05. The number of halogens is 1. The van der Waals surface area contributed by atoms with Crippen LogP contribution in [0.1, 0.15) is 0 Å². The lowest BCUT2D eigenvalue weighted by atomic mass is 10.2. The lowest BCUT2D eigenvalue weighted by Crippen LogP contribution is -2.42. The van der Waals surface area contributed by atoms with Gasteiger partial charge < -0.3 is 19.8 Å². The monoisotopic (exact) mass is 415 g/mol. The van der Waals surface area contributed by atoms with E-state index < -0.39 is 15.5 Å². The zero-order valence-electron chi connectivity index (χ0n) is 14.7. The van der Waals surface area contributed by atoms with Gasteiger partial charge in [0.1, 0.15) is 4.90 Å². The second kappa shape index (κ2) is 9.13. The van der Waals surface area contributed by atoms with Crippen molar-refractivity contribution in [3.8, 4) is 0 Å². The molecule has 2 aliphatic heterocycles. The van der Waals surface area contributed by atoms with E-state index in [0.717, 1.165) is 26.3 Å². The molecule has 2 N–H and O–H groups in total. The van der Waals surface area contributed by atoms with Crippen molar-refractivity contribution in [1.29, 1.82) is 0 Å². The molecule has 10 heteroatoms. The molecular weight excluding hydrogens is 394 g/mol. The zero-order chi connectivity index (χ0) is 19.3. The maximum Gasteiger partial charge on any atom is 0.248 e. The van der Waals surface area contributed by atoms with Crippen LogP contribution in [-0.2, 0) is 19.5 Å². The van der Waals surface area contributed by atoms with Gasteiger partial charge in [0.15, 0.2) is 0 Å². The Kier molecular flexibility index (Phi) is 6.85. The third-order valence-electron chi connectivity index (χ3n) is 4.24. The summed E-state index contributed by atoms with van der Waals surface area (Å²) in [5.74, 6) is 0. The fourth-order valence-electron chi connectivity index (χ4n) is 2.81. The van der Waals surface area contributed by atoms with E-state index in [4.69, 9.17) is 21.1 Å². The predicted octanol–water partition coefficient (Wildman–Crippen LogP) is 0.809. The third kappa shape index (κ3) is 4.87. The summed E-state index contributed by atoms with van der Waals surface area (Å²) >= 11 is 5.88. The Labute approximate surface area is 162 Å². The van der Waals surface area contributed by atoms with Gasteiger partial charge in [-0.15, -0.1) is 0 Å². The van der Waals surface area contributed by atoms with E-state index in [0.29, 0.717) is 23.8 Å². The van der Waals surface area contributed by atoms with Gasteiger partial charge >= 0.3 is 0 Å². The number of benzene rings is 1. The van der Waals surface area contributed by atoms with Gasteiger partial charge in [-0.3, -0.25) is 4.79 Å². The Balaban J connectivity index is 0.000000299. The number of hydrogen-bond acceptors (Lipinski definition) is 6. The Morgan fingerprint density at radius 1 is 1.04 bits per heavy atom. The summed E-state index contributed by atoms with van der Waals surface area (Å²) in [4.78, 5) is 15.0. The van der Waals surface area contributed by atoms with Gasteiger partial charge in [0.25, 0.3) is 0 Å². The molecule has 0 bridgehead atoms. The SMILES string of the molecule is C1COCCN1.O=c1c(S(=O)(=O)N2CCOCC2)c[nH]c2ccc(Cl)cc12. The van der Waals surface area contributed by atoms with Crippen molar-refractivity contribution in [2.45, 2.75) is 4.90 Å². The topological polar surface area (TPSA) is 101 Å². The summed E-state index contributed by atoms with van der Waals surface area (Å²) in [5, 5.41) is 3.80. The average molecular weight is 416 g/mol. The van der Waals surface area contributed by atoms with E-state index in [1.807, 2.05) is 0 Å². The number of ether oxygens (including phenoxy) is 2. The summed E-state index contributed by atoms with van der Waals surface area (Å²) in [6.45, 7) is 4.98. The number of aromatic nitrogens is 1. The van der Waals surface area contributed by atoms with E-state index in [1.165, 1.54) is 16.6 Å². The summed E-state index contributed by atoms with van der Waals surface area (Å²) < 4.78 is 36.5. The largest absolute Gasteiger partial charge is 0.379 e. The van der Waals surface area contributed by atoms with Crippen LogP contribution in [-0.4, -0.2) is 70.3 Å². The van der Waals surface area contributed by atoms with E-state index in [9.17, 15) is 13.2 Å². The lowest BCUT2D eigenvalue weighted by Gasteiger charge is -2.25. The van der Waals surface area contributed by atoms with Crippen LogP contribution < -0.4 is 10.7 Å². The molecule has 1 aromatic carbocycles. The molecule has 148 valence electrons. The van der Waals surface area contributed by atoms with E-state index in [1.54, 1.807) is 12.1 Å². The molecule has 2 saturated heterocycles. The molecule has 2 fully saturated rings. The molecule has 0 spiro atoms. The molecule has 2 aromatic rings. The molecule has 8 nitrogen and oxygen atoms in total. The highest BCUT2D eigenvalue weighted by molar-refractivity contribution is 7.89. The van der Waals surface area contributed by atoms with Gasteiger partial charge in [0, 0.05) is 48.3 Å². The molecule has 0 aliphatic carbocycles. The van der Waals surface area contributed by atoms with Gasteiger partial charge in [0.2, 0.25) is 15.5 Å². The molecule has 4 rings (SSSR count). The Hall–Kier alpha value is -1.49. The number of nitrogens with one attached hydrogen (secondary N) is 2. The number of sulfonamides is 1. The maximum absolute atomic E-state index is 12.6. The van der Waals surface area contributed by atoms with Crippen LogP contribution in [0, 0.1) is 0 Å². The van der Waals surface area contributed by atoms with Crippen LogP contribution in [0.5, 0.6) is 0 Å². The van der Waals surface area contributed by atoms with Crippen LogP contribution in [0.25, 0.3) is 10.9 Å². The van der Waals surface area contributed by atoms with Crippen LogP contribution in [0.4, 0.5) is 0 Å². The van der Waals surface area contributed by atoms with Crippen LogP contribution >= 0.6 is 11.6 Å². The minimum absolute atomic E-state index is 0.245. The molecule has 2 aliphatic rings. The number of hydrogen-bond donors (Lipinski definition) is 2. The number of fused-ring (bicyclic) bond motifs is 1. The first kappa shape index (κ1) is 20.2. The van der Waals surface area contributed by atoms with Gasteiger partial charge in [-0.1, -0.05) is 11.6 Å². The summed E-state index contributed by atoms with van der Waals surface area (Å²) in [6, 6.07) is 4.74. The van der Waals surface area contributed by atoms with Crippen molar-refractivity contribution >= 4 is 32.5 Å². The molecule has 1 aromatic heterocycles. The number of pyridine rings is 1. The van der Waals surface area contributed by atoms with Crippen LogP contribution in [0.2, 0.25) is 5.02 Å². The first-order chi connectivity index (χ1) is 13.0. The van der Waals surface area contributed by atoms with E-state index >= 15 is 0 Å². The summed E-state index contributed by atoms with van der Waals surface area (Å²) in [6.07, 6.45) is 1.24. The van der Waals surface area contributed by atoms with Crippen LogP contribution in [0.15, 0.2) is 34.1 Å². The summed E-state index contributed by atoms with van der Waals surface area (Å²) in [5.41, 5.74) is 0.00284.